The number of hydrogen-bond acceptors (Lipinski definition) is 3. The number of hydrogen-bond donors (Lipinski definition) is 2. The van der Waals surface area contributed by atoms with Gasteiger partial charge >= 0.3 is 6.09 Å². The van der Waals surface area contributed by atoms with Crippen LogP contribution < -0.4 is 10.6 Å². The first-order valence-electron chi connectivity index (χ1n) is 4.56. The van der Waals surface area contributed by atoms with Crippen molar-refractivity contribution in [2.75, 3.05) is 6.61 Å². The van der Waals surface area contributed by atoms with E-state index in [-0.39, 0.29) is 0 Å². The molecular formula is C10H13NO4. The highest BCUT2D eigenvalue weighted by Crippen LogP contribution is 2.21. The van der Waals surface area contributed by atoms with Gasteiger partial charge in [-0.15, -0.1) is 0 Å². The predicted molar refractivity (Wildman–Crippen MR) is 53.6 cm³/mol. The zero-order valence-electron chi connectivity index (χ0n) is 8.18. The van der Waals surface area contributed by atoms with E-state index in [9.17, 15) is 0 Å². The zero-order valence-corrected chi connectivity index (χ0v) is 8.18. The van der Waals surface area contributed by atoms with E-state index in [1.165, 1.54) is 5.56 Å². The molecule has 1 aliphatic rings. The number of aryl methyl sites for hydroxylation is 1. The zero-order chi connectivity index (χ0) is 11.1. The van der Waals surface area contributed by atoms with Crippen molar-refractivity contribution >= 4 is 6.09 Å². The van der Waals surface area contributed by atoms with Crippen molar-refractivity contribution in [1.82, 2.24) is 0 Å². The highest BCUT2D eigenvalue weighted by atomic mass is 17.2. The molecule has 5 heteroatoms. The minimum absolute atomic E-state index is 0.689. The van der Waals surface area contributed by atoms with Gasteiger partial charge in [0.1, 0.15) is 0 Å². The van der Waals surface area contributed by atoms with Gasteiger partial charge in [0.2, 0.25) is 0 Å². The third-order valence-corrected chi connectivity index (χ3v) is 1.80. The fourth-order valence-electron chi connectivity index (χ4n) is 1.22. The Morgan fingerprint density at radius 2 is 2.07 bits per heavy atom. The van der Waals surface area contributed by atoms with Gasteiger partial charge < -0.3 is 15.7 Å². The lowest BCUT2D eigenvalue weighted by atomic mass is 10.1. The standard InChI is InChI=1S/C9H10O2.CH3NO2/c1-2-6-9-8(4-1)5-3-7-10-11-9;2-1(3)4/h1-2,4,6H,3,5,7H2;2H2,(H,3,4). The summed E-state index contributed by atoms with van der Waals surface area (Å²) in [6.45, 7) is 0.689. The molecule has 1 aromatic carbocycles. The molecule has 1 heterocycles. The highest BCUT2D eigenvalue weighted by Gasteiger charge is 2.07. The molecule has 1 aromatic rings. The first-order chi connectivity index (χ1) is 7.20. The van der Waals surface area contributed by atoms with Gasteiger partial charge in [0.05, 0.1) is 6.61 Å². The molecule has 2 rings (SSSR count). The van der Waals surface area contributed by atoms with Gasteiger partial charge in [-0.05, 0) is 24.5 Å². The summed E-state index contributed by atoms with van der Waals surface area (Å²) in [7, 11) is 0. The molecule has 1 amide bonds. The summed E-state index contributed by atoms with van der Waals surface area (Å²) in [5.41, 5.74) is 5.27. The SMILES string of the molecule is NC(=O)O.c1ccc2c(c1)CCCOO2. The van der Waals surface area contributed by atoms with Crippen LogP contribution in [0.25, 0.3) is 0 Å². The number of rotatable bonds is 0. The van der Waals surface area contributed by atoms with Crippen molar-refractivity contribution in [3.8, 4) is 5.75 Å². The summed E-state index contributed by atoms with van der Waals surface area (Å²) in [5, 5.41) is 7.19. The quantitative estimate of drug-likeness (QED) is 0.638. The maximum absolute atomic E-state index is 8.78. The van der Waals surface area contributed by atoms with Crippen molar-refractivity contribution in [3.05, 3.63) is 29.8 Å². The van der Waals surface area contributed by atoms with Crippen molar-refractivity contribution < 1.29 is 19.7 Å². The monoisotopic (exact) mass is 211 g/mol. The van der Waals surface area contributed by atoms with Gasteiger partial charge in [-0.1, -0.05) is 18.2 Å². The lowest BCUT2D eigenvalue weighted by molar-refractivity contribution is -0.203. The Hall–Kier alpha value is -1.75. The minimum Gasteiger partial charge on any atom is -0.465 e. The Morgan fingerprint density at radius 1 is 1.40 bits per heavy atom. The van der Waals surface area contributed by atoms with Gasteiger partial charge in [-0.25, -0.2) is 4.79 Å². The van der Waals surface area contributed by atoms with Crippen molar-refractivity contribution in [3.63, 3.8) is 0 Å². The number of fused-ring (bicyclic) bond motifs is 1. The molecule has 0 bridgehead atoms. The van der Waals surface area contributed by atoms with E-state index >= 15 is 0 Å². The first-order valence-corrected chi connectivity index (χ1v) is 4.56. The molecule has 15 heavy (non-hydrogen) atoms. The first kappa shape index (κ1) is 11.3. The van der Waals surface area contributed by atoms with Crippen LogP contribution in [-0.2, 0) is 11.3 Å². The second kappa shape index (κ2) is 5.87. The number of carbonyl (C=O) groups is 1. The topological polar surface area (TPSA) is 81.8 Å². The van der Waals surface area contributed by atoms with Gasteiger partial charge in [0.25, 0.3) is 0 Å². The Morgan fingerprint density at radius 3 is 2.80 bits per heavy atom. The maximum atomic E-state index is 8.78. The summed E-state index contributed by atoms with van der Waals surface area (Å²) < 4.78 is 0. The summed E-state index contributed by atoms with van der Waals surface area (Å²) in [6, 6.07) is 7.98. The molecule has 82 valence electrons. The van der Waals surface area contributed by atoms with Crippen LogP contribution in [0, 0.1) is 0 Å². The number of primary amides is 1. The molecular weight excluding hydrogens is 198 g/mol. The Balaban J connectivity index is 0.000000245. The Bertz CT molecular complexity index is 298. The fraction of sp³-hybridized carbons (Fsp3) is 0.300. The second-order valence-corrected chi connectivity index (χ2v) is 2.95. The number of benzene rings is 1. The molecule has 0 saturated heterocycles. The molecule has 0 saturated carbocycles. The normalized spacial score (nSPS) is 13.6. The van der Waals surface area contributed by atoms with Gasteiger partial charge in [0.15, 0.2) is 5.75 Å². The summed E-state index contributed by atoms with van der Waals surface area (Å²) in [4.78, 5) is 18.7. The lowest BCUT2D eigenvalue weighted by Gasteiger charge is -2.01. The summed E-state index contributed by atoms with van der Waals surface area (Å²) in [6.07, 6.45) is 0.757. The van der Waals surface area contributed by atoms with Gasteiger partial charge in [-0.3, -0.25) is 0 Å². The fourth-order valence-corrected chi connectivity index (χ4v) is 1.22. The van der Waals surface area contributed by atoms with Gasteiger partial charge in [0, 0.05) is 0 Å². The largest absolute Gasteiger partial charge is 0.465 e. The van der Waals surface area contributed by atoms with Crippen LogP contribution in [0.4, 0.5) is 4.79 Å². The Kier molecular flexibility index (Phi) is 4.43. The van der Waals surface area contributed by atoms with Crippen LogP contribution in [-0.4, -0.2) is 17.8 Å². The highest BCUT2D eigenvalue weighted by molar-refractivity contribution is 5.61. The minimum atomic E-state index is -1.33. The molecule has 1 aliphatic heterocycles. The van der Waals surface area contributed by atoms with Gasteiger partial charge in [-0.2, -0.15) is 4.89 Å². The van der Waals surface area contributed by atoms with E-state index in [1.54, 1.807) is 0 Å². The van der Waals surface area contributed by atoms with E-state index in [0.717, 1.165) is 18.6 Å². The van der Waals surface area contributed by atoms with Crippen molar-refractivity contribution in [2.24, 2.45) is 5.73 Å². The predicted octanol–water partition coefficient (Wildman–Crippen LogP) is 1.57. The molecule has 0 aliphatic carbocycles. The lowest BCUT2D eigenvalue weighted by Crippen LogP contribution is -2.03. The van der Waals surface area contributed by atoms with Crippen LogP contribution >= 0.6 is 0 Å². The summed E-state index contributed by atoms with van der Waals surface area (Å²) in [5.74, 6) is 0.866. The second-order valence-electron chi connectivity index (χ2n) is 2.95. The molecule has 5 nitrogen and oxygen atoms in total. The number of amides is 1. The van der Waals surface area contributed by atoms with E-state index < -0.39 is 6.09 Å². The van der Waals surface area contributed by atoms with E-state index in [1.807, 2.05) is 18.2 Å². The molecule has 3 N–H and O–H groups in total. The van der Waals surface area contributed by atoms with Crippen LogP contribution in [0.5, 0.6) is 5.75 Å². The third-order valence-electron chi connectivity index (χ3n) is 1.80. The maximum Gasteiger partial charge on any atom is 0.402 e. The smallest absolute Gasteiger partial charge is 0.402 e. The number of carboxylic acid groups (broad SMARTS) is 1. The number of nitrogens with two attached hydrogens (primary N) is 1. The third kappa shape index (κ3) is 4.33. The molecule has 0 aromatic heterocycles. The van der Waals surface area contributed by atoms with Crippen LogP contribution in [0.3, 0.4) is 0 Å². The Labute approximate surface area is 87.3 Å². The molecule has 0 fully saturated rings. The van der Waals surface area contributed by atoms with Crippen LogP contribution in [0.15, 0.2) is 24.3 Å². The molecule has 0 unspecified atom stereocenters. The molecule has 0 atom stereocenters. The van der Waals surface area contributed by atoms with Crippen LogP contribution in [0.1, 0.15) is 12.0 Å². The van der Waals surface area contributed by atoms with Crippen molar-refractivity contribution in [1.29, 1.82) is 0 Å². The van der Waals surface area contributed by atoms with E-state index in [0.29, 0.717) is 6.61 Å². The van der Waals surface area contributed by atoms with E-state index in [2.05, 4.69) is 11.8 Å². The summed E-state index contributed by atoms with van der Waals surface area (Å²) >= 11 is 0. The number of para-hydroxylation sites is 1. The average Bonchev–Trinajstić information content (AvgIpc) is 2.41. The van der Waals surface area contributed by atoms with Crippen LogP contribution in [0.2, 0.25) is 0 Å². The van der Waals surface area contributed by atoms with Crippen molar-refractivity contribution in [2.45, 2.75) is 12.8 Å². The molecule has 0 radical (unpaired) electrons. The van der Waals surface area contributed by atoms with E-state index in [4.69, 9.17) is 19.7 Å². The average molecular weight is 211 g/mol. The molecule has 0 spiro atoms.